The predicted octanol–water partition coefficient (Wildman–Crippen LogP) is 22.0. The molecule has 0 aliphatic rings. The molecule has 0 aliphatic heterocycles. The molecule has 95 heavy (non-hydrogen) atoms. The number of rotatable bonds is 73. The van der Waals surface area contributed by atoms with E-state index in [-0.39, 0.29) is 25.7 Å². The second-order valence-electron chi connectivity index (χ2n) is 29.3. The molecule has 2 unspecified atom stereocenters. The zero-order valence-corrected chi connectivity index (χ0v) is 64.1. The van der Waals surface area contributed by atoms with Crippen molar-refractivity contribution in [3.8, 4) is 0 Å². The highest BCUT2D eigenvalue weighted by Gasteiger charge is 2.30. The standard InChI is InChI=1S/C76H148O17P2/c1-66(2)52-44-36-28-20-12-9-10-14-26-34-42-50-58-75(80)92-71(62-86-73(78)56-48-40-32-24-15-11-13-21-29-37-45-53-67(3)4)64-90-94(82,83)88-60-70(77)61-89-95(84,85)91-65-72(93-76(81)59-51-43-35-27-19-17-23-31-39-47-55-69(7)8)63-87-74(79)57-49-41-33-25-18-16-22-30-38-46-54-68(5)6/h66-72,77H,9-65H2,1-8H3,(H,82,83)(H,84,85)/t70-,71-,72-/m1/s1. The summed E-state index contributed by atoms with van der Waals surface area (Å²) in [6.45, 7) is 14.2. The van der Waals surface area contributed by atoms with Crippen LogP contribution in [0.4, 0.5) is 0 Å². The number of esters is 4. The first kappa shape index (κ1) is 93.1. The van der Waals surface area contributed by atoms with Crippen molar-refractivity contribution in [2.45, 2.75) is 401 Å². The van der Waals surface area contributed by atoms with Crippen molar-refractivity contribution >= 4 is 39.5 Å². The minimum Gasteiger partial charge on any atom is -0.462 e. The van der Waals surface area contributed by atoms with Crippen molar-refractivity contribution in [3.05, 3.63) is 0 Å². The zero-order chi connectivity index (χ0) is 70.3. The van der Waals surface area contributed by atoms with Crippen LogP contribution in [0.3, 0.4) is 0 Å². The van der Waals surface area contributed by atoms with Crippen LogP contribution in [-0.4, -0.2) is 96.7 Å². The third-order valence-electron chi connectivity index (χ3n) is 17.6. The van der Waals surface area contributed by atoms with Crippen LogP contribution in [0.2, 0.25) is 0 Å². The van der Waals surface area contributed by atoms with Gasteiger partial charge in [-0.05, 0) is 49.4 Å². The number of carbonyl (C=O) groups excluding carboxylic acids is 4. The van der Waals surface area contributed by atoms with E-state index in [4.69, 9.17) is 37.0 Å². The molecule has 19 heteroatoms. The molecule has 0 rings (SSSR count). The largest absolute Gasteiger partial charge is 0.472 e. The van der Waals surface area contributed by atoms with Crippen molar-refractivity contribution in [1.29, 1.82) is 0 Å². The van der Waals surface area contributed by atoms with E-state index in [9.17, 15) is 43.2 Å². The maximum Gasteiger partial charge on any atom is 0.472 e. The normalized spacial score (nSPS) is 14.1. The molecule has 0 radical (unpaired) electrons. The summed E-state index contributed by atoms with van der Waals surface area (Å²) >= 11 is 0. The average Bonchev–Trinajstić information content (AvgIpc) is 1.71. The first-order chi connectivity index (χ1) is 45.6. The lowest BCUT2D eigenvalue weighted by molar-refractivity contribution is -0.161. The molecule has 0 aromatic rings. The van der Waals surface area contributed by atoms with Crippen molar-refractivity contribution in [2.75, 3.05) is 39.6 Å². The number of aliphatic hydroxyl groups is 1. The Balaban J connectivity index is 5.28. The Bertz CT molecular complexity index is 1870. The summed E-state index contributed by atoms with van der Waals surface area (Å²) in [4.78, 5) is 72.9. The van der Waals surface area contributed by atoms with E-state index in [1.54, 1.807) is 0 Å². The van der Waals surface area contributed by atoms with E-state index in [1.807, 2.05) is 0 Å². The van der Waals surface area contributed by atoms with Gasteiger partial charge in [-0.15, -0.1) is 0 Å². The van der Waals surface area contributed by atoms with Gasteiger partial charge in [0.05, 0.1) is 26.4 Å². The number of aliphatic hydroxyl groups excluding tert-OH is 1. The number of carbonyl (C=O) groups is 4. The Kier molecular flexibility index (Phi) is 64.0. The predicted molar refractivity (Wildman–Crippen MR) is 386 cm³/mol. The Hall–Kier alpha value is -1.94. The van der Waals surface area contributed by atoms with Gasteiger partial charge in [0.2, 0.25) is 0 Å². The van der Waals surface area contributed by atoms with Crippen LogP contribution in [0.1, 0.15) is 383 Å². The van der Waals surface area contributed by atoms with Crippen LogP contribution in [-0.2, 0) is 65.4 Å². The van der Waals surface area contributed by atoms with Crippen molar-refractivity contribution in [2.24, 2.45) is 23.7 Å². The number of hydrogen-bond donors (Lipinski definition) is 3. The maximum atomic E-state index is 13.1. The van der Waals surface area contributed by atoms with Gasteiger partial charge < -0.3 is 33.8 Å². The Morgan fingerprint density at radius 1 is 0.263 bits per heavy atom. The Labute approximate surface area is 581 Å². The van der Waals surface area contributed by atoms with Gasteiger partial charge in [0.25, 0.3) is 0 Å². The molecular weight excluding hydrogens is 1250 g/mol. The van der Waals surface area contributed by atoms with Gasteiger partial charge in [-0.2, -0.15) is 0 Å². The zero-order valence-electron chi connectivity index (χ0n) is 62.3. The third kappa shape index (κ3) is 70.3. The number of phosphoric ester groups is 2. The van der Waals surface area contributed by atoms with Crippen molar-refractivity contribution < 1.29 is 80.2 Å². The third-order valence-corrected chi connectivity index (χ3v) is 19.5. The monoisotopic (exact) mass is 1400 g/mol. The van der Waals surface area contributed by atoms with Crippen LogP contribution in [0.25, 0.3) is 0 Å². The van der Waals surface area contributed by atoms with E-state index >= 15 is 0 Å². The summed E-state index contributed by atoms with van der Waals surface area (Å²) in [7, 11) is -9.91. The average molecular weight is 1400 g/mol. The first-order valence-electron chi connectivity index (χ1n) is 39.2. The highest BCUT2D eigenvalue weighted by Crippen LogP contribution is 2.45. The second-order valence-corrected chi connectivity index (χ2v) is 32.2. The summed E-state index contributed by atoms with van der Waals surface area (Å²) in [6, 6.07) is 0. The number of ether oxygens (including phenoxy) is 4. The van der Waals surface area contributed by atoms with Crippen LogP contribution >= 0.6 is 15.6 Å². The summed E-state index contributed by atoms with van der Waals surface area (Å²) < 4.78 is 68.6. The molecule has 0 aromatic carbocycles. The molecule has 0 heterocycles. The van der Waals surface area contributed by atoms with Crippen molar-refractivity contribution in [3.63, 3.8) is 0 Å². The van der Waals surface area contributed by atoms with Gasteiger partial charge in [-0.25, -0.2) is 9.13 Å². The summed E-state index contributed by atoms with van der Waals surface area (Å²) in [5.41, 5.74) is 0. The van der Waals surface area contributed by atoms with E-state index in [2.05, 4.69) is 55.4 Å². The molecule has 564 valence electrons. The van der Waals surface area contributed by atoms with Gasteiger partial charge in [0.15, 0.2) is 12.2 Å². The van der Waals surface area contributed by atoms with E-state index < -0.39 is 97.5 Å². The molecule has 0 spiro atoms. The topological polar surface area (TPSA) is 237 Å². The highest BCUT2D eigenvalue weighted by molar-refractivity contribution is 7.47. The van der Waals surface area contributed by atoms with Gasteiger partial charge in [0.1, 0.15) is 19.3 Å². The maximum absolute atomic E-state index is 13.1. The van der Waals surface area contributed by atoms with Crippen LogP contribution in [0.15, 0.2) is 0 Å². The molecule has 0 fully saturated rings. The highest BCUT2D eigenvalue weighted by atomic mass is 31.2. The lowest BCUT2D eigenvalue weighted by atomic mass is 10.0. The molecule has 3 N–H and O–H groups in total. The molecule has 0 aromatic heterocycles. The molecule has 0 saturated carbocycles. The lowest BCUT2D eigenvalue weighted by Crippen LogP contribution is -2.30. The van der Waals surface area contributed by atoms with Gasteiger partial charge >= 0.3 is 39.5 Å². The molecule has 0 aliphatic carbocycles. The fraction of sp³-hybridized carbons (Fsp3) is 0.947. The SMILES string of the molecule is CC(C)CCCCCCCCCCCCCCC(=O)O[C@H](COC(=O)CCCCCCCCCCCCCC(C)C)COP(=O)(O)OC[C@@H](O)COP(=O)(O)OC[C@@H](COC(=O)CCCCCCCCCCCCC(C)C)OC(=O)CCCCCCCCCCCCC(C)C. The quantitative estimate of drug-likeness (QED) is 0.0222. The fourth-order valence-corrected chi connectivity index (χ4v) is 13.1. The second kappa shape index (κ2) is 65.4. The molecule has 0 saturated heterocycles. The minimum atomic E-state index is -4.96. The van der Waals surface area contributed by atoms with E-state index in [1.165, 1.54) is 186 Å². The molecule has 17 nitrogen and oxygen atoms in total. The molecule has 0 amide bonds. The Morgan fingerprint density at radius 3 is 0.653 bits per heavy atom. The summed E-state index contributed by atoms with van der Waals surface area (Å²) in [5, 5.41) is 10.6. The van der Waals surface area contributed by atoms with Gasteiger partial charge in [-0.3, -0.25) is 37.3 Å². The number of phosphoric acid groups is 2. The van der Waals surface area contributed by atoms with Crippen LogP contribution in [0, 0.1) is 23.7 Å². The molecule has 5 atom stereocenters. The smallest absolute Gasteiger partial charge is 0.462 e. The van der Waals surface area contributed by atoms with Crippen LogP contribution in [0.5, 0.6) is 0 Å². The first-order valence-corrected chi connectivity index (χ1v) is 42.2. The van der Waals surface area contributed by atoms with Crippen molar-refractivity contribution in [1.82, 2.24) is 0 Å². The van der Waals surface area contributed by atoms with Gasteiger partial charge in [-0.1, -0.05) is 331 Å². The minimum absolute atomic E-state index is 0.105. The van der Waals surface area contributed by atoms with E-state index in [0.29, 0.717) is 25.7 Å². The fourth-order valence-electron chi connectivity index (χ4n) is 11.6. The Morgan fingerprint density at radius 2 is 0.442 bits per heavy atom. The van der Waals surface area contributed by atoms with E-state index in [0.717, 1.165) is 114 Å². The lowest BCUT2D eigenvalue weighted by Gasteiger charge is -2.21. The molecular formula is C76H148O17P2. The van der Waals surface area contributed by atoms with Crippen LogP contribution < -0.4 is 0 Å². The summed E-state index contributed by atoms with van der Waals surface area (Å²) in [6.07, 6.45) is 49.8. The molecule has 0 bridgehead atoms. The summed E-state index contributed by atoms with van der Waals surface area (Å²) in [5.74, 6) is 0.939. The van der Waals surface area contributed by atoms with Gasteiger partial charge in [0, 0.05) is 25.7 Å². The number of hydrogen-bond acceptors (Lipinski definition) is 15. The number of unbranched alkanes of at least 4 members (excludes halogenated alkanes) is 39.